The van der Waals surface area contributed by atoms with E-state index in [0.717, 1.165) is 22.1 Å². The topological polar surface area (TPSA) is 120 Å². The summed E-state index contributed by atoms with van der Waals surface area (Å²) in [6.07, 6.45) is 1.12. The number of carbonyl (C=O) groups is 2. The van der Waals surface area contributed by atoms with E-state index in [1.807, 2.05) is 27.7 Å². The molecule has 1 amide bonds. The van der Waals surface area contributed by atoms with Crippen molar-refractivity contribution in [3.05, 3.63) is 61.7 Å². The minimum absolute atomic E-state index is 0.0201. The second kappa shape index (κ2) is 9.70. The maximum Gasteiger partial charge on any atom is 0.343 e. The number of cyclic esters (lactones) is 1. The third kappa shape index (κ3) is 4.10. The zero-order valence-electron chi connectivity index (χ0n) is 24.8. The first-order valence-electron chi connectivity index (χ1n) is 14.5. The summed E-state index contributed by atoms with van der Waals surface area (Å²) in [6, 6.07) is 2.65. The Morgan fingerprint density at radius 2 is 2.02 bits per heavy atom. The van der Waals surface area contributed by atoms with E-state index in [9.17, 15) is 19.5 Å². The molecule has 1 aliphatic carbocycles. The number of halogens is 1. The first kappa shape index (κ1) is 28.5. The fraction of sp³-hybridized carbons (Fsp3) is 0.500. The van der Waals surface area contributed by atoms with Crippen LogP contribution in [-0.2, 0) is 44.2 Å². The lowest BCUT2D eigenvalue weighted by Crippen LogP contribution is -2.44. The number of ether oxygens (including phenoxy) is 2. The second-order valence-corrected chi connectivity index (χ2v) is 12.6. The number of aromatic nitrogens is 2. The number of aliphatic hydroxyl groups is 1. The van der Waals surface area contributed by atoms with Crippen LogP contribution in [0, 0.1) is 18.2 Å². The Morgan fingerprint density at radius 1 is 1.29 bits per heavy atom. The molecule has 42 heavy (non-hydrogen) atoms. The van der Waals surface area contributed by atoms with Gasteiger partial charge >= 0.3 is 5.97 Å². The SMILES string of the molecule is CC[C@@]1(O)C(=O)OCc2c1cc1n(c2=O)Cc2c-1nc1cc(F)c(C)c3c1c2[C@@H](NC(=O)C(C)(C)COC(C)C)CC3. The highest BCUT2D eigenvalue weighted by Gasteiger charge is 2.46. The molecule has 3 aromatic rings. The molecular formula is C32H36FN3O6. The van der Waals surface area contributed by atoms with Gasteiger partial charge in [-0.1, -0.05) is 6.92 Å². The molecule has 0 fully saturated rings. The molecule has 1 aromatic carbocycles. The summed E-state index contributed by atoms with van der Waals surface area (Å²) in [5.74, 6) is -1.33. The highest BCUT2D eigenvalue weighted by atomic mass is 19.1. The average molecular weight is 578 g/mol. The number of nitrogens with zero attached hydrogens (tertiary/aromatic N) is 2. The third-order valence-electron chi connectivity index (χ3n) is 9.08. The van der Waals surface area contributed by atoms with Crippen LogP contribution in [0.2, 0.25) is 0 Å². The monoisotopic (exact) mass is 577 g/mol. The predicted octanol–water partition coefficient (Wildman–Crippen LogP) is 4.08. The van der Waals surface area contributed by atoms with E-state index in [4.69, 9.17) is 14.5 Å². The van der Waals surface area contributed by atoms with Gasteiger partial charge in [0.25, 0.3) is 5.56 Å². The van der Waals surface area contributed by atoms with Crippen LogP contribution in [0.25, 0.3) is 22.3 Å². The van der Waals surface area contributed by atoms with E-state index in [-0.39, 0.29) is 60.7 Å². The number of rotatable bonds is 6. The number of pyridine rings is 2. The van der Waals surface area contributed by atoms with Crippen LogP contribution < -0.4 is 10.9 Å². The largest absolute Gasteiger partial charge is 0.458 e. The van der Waals surface area contributed by atoms with E-state index in [0.29, 0.717) is 35.3 Å². The average Bonchev–Trinajstić information content (AvgIpc) is 3.32. The maximum absolute atomic E-state index is 15.1. The summed E-state index contributed by atoms with van der Waals surface area (Å²) in [5, 5.41) is 15.3. The van der Waals surface area contributed by atoms with Gasteiger partial charge in [-0.05, 0) is 76.6 Å². The van der Waals surface area contributed by atoms with E-state index < -0.39 is 23.0 Å². The van der Waals surface area contributed by atoms with E-state index >= 15 is 4.39 Å². The van der Waals surface area contributed by atoms with Crippen molar-refractivity contribution in [2.75, 3.05) is 6.61 Å². The van der Waals surface area contributed by atoms with Gasteiger partial charge in [-0.15, -0.1) is 0 Å². The number of esters is 1. The van der Waals surface area contributed by atoms with Crippen LogP contribution in [0.4, 0.5) is 4.39 Å². The van der Waals surface area contributed by atoms with Gasteiger partial charge < -0.3 is 24.5 Å². The summed E-state index contributed by atoms with van der Waals surface area (Å²) in [7, 11) is 0. The fourth-order valence-electron chi connectivity index (χ4n) is 6.49. The lowest BCUT2D eigenvalue weighted by molar-refractivity contribution is -0.172. The molecule has 0 spiro atoms. The Hall–Kier alpha value is -3.63. The Balaban J connectivity index is 1.54. The van der Waals surface area contributed by atoms with Gasteiger partial charge in [0.15, 0.2) is 5.60 Å². The molecule has 2 aromatic heterocycles. The number of hydrogen-bond donors (Lipinski definition) is 2. The van der Waals surface area contributed by atoms with Crippen molar-refractivity contribution in [3.63, 3.8) is 0 Å². The van der Waals surface area contributed by atoms with Crippen LogP contribution in [0.15, 0.2) is 16.9 Å². The molecular weight excluding hydrogens is 541 g/mol. The fourth-order valence-corrected chi connectivity index (χ4v) is 6.49. The Morgan fingerprint density at radius 3 is 2.71 bits per heavy atom. The highest BCUT2D eigenvalue weighted by Crippen LogP contribution is 2.46. The van der Waals surface area contributed by atoms with E-state index in [1.165, 1.54) is 6.07 Å². The molecule has 10 heteroatoms. The molecule has 0 unspecified atom stereocenters. The standard InChI is InChI=1S/C32H36FN3O6/c1-7-32(40)20-10-24-27-18(12-36(24)28(37)19(20)13-41-30(32)39)26-22(35-29(38)31(5,6)14-42-15(2)3)9-8-17-16(4)21(33)11-23(34-27)25(17)26/h10-11,15,22,40H,7-9,12-14H2,1-6H3,(H,35,38)/t22-,32-/m0/s1. The number of fused-ring (bicyclic) bond motifs is 5. The maximum atomic E-state index is 15.1. The number of amides is 1. The van der Waals surface area contributed by atoms with Crippen LogP contribution in [0.5, 0.6) is 0 Å². The molecule has 0 saturated heterocycles. The number of nitrogens with one attached hydrogen (secondary N) is 1. The lowest BCUT2D eigenvalue weighted by atomic mass is 9.81. The molecule has 3 aliphatic rings. The minimum atomic E-state index is -1.95. The molecule has 0 saturated carbocycles. The van der Waals surface area contributed by atoms with Crippen molar-refractivity contribution in [1.29, 1.82) is 0 Å². The lowest BCUT2D eigenvalue weighted by Gasteiger charge is -2.33. The van der Waals surface area contributed by atoms with Crippen molar-refractivity contribution in [2.24, 2.45) is 5.41 Å². The number of carbonyl (C=O) groups excluding carboxylic acids is 2. The smallest absolute Gasteiger partial charge is 0.343 e. The molecule has 2 N–H and O–H groups in total. The normalized spacial score (nSPS) is 20.8. The highest BCUT2D eigenvalue weighted by molar-refractivity contribution is 5.94. The van der Waals surface area contributed by atoms with Gasteiger partial charge in [-0.25, -0.2) is 14.2 Å². The number of aryl methyl sites for hydroxylation is 1. The van der Waals surface area contributed by atoms with Gasteiger partial charge in [0, 0.05) is 22.6 Å². The Labute approximate surface area is 243 Å². The van der Waals surface area contributed by atoms with Crippen LogP contribution in [-0.4, -0.2) is 39.2 Å². The van der Waals surface area contributed by atoms with Crippen LogP contribution in [0.1, 0.15) is 86.9 Å². The van der Waals surface area contributed by atoms with E-state index in [2.05, 4.69) is 5.32 Å². The predicted molar refractivity (Wildman–Crippen MR) is 153 cm³/mol. The summed E-state index contributed by atoms with van der Waals surface area (Å²) >= 11 is 0. The summed E-state index contributed by atoms with van der Waals surface area (Å²) in [4.78, 5) is 44.8. The van der Waals surface area contributed by atoms with Crippen LogP contribution in [0.3, 0.4) is 0 Å². The Bertz CT molecular complexity index is 1740. The molecule has 4 heterocycles. The Kier molecular flexibility index (Phi) is 6.58. The van der Waals surface area contributed by atoms with Gasteiger partial charge in [0.1, 0.15) is 12.4 Å². The third-order valence-corrected chi connectivity index (χ3v) is 9.08. The summed E-state index contributed by atoms with van der Waals surface area (Å²) in [5.41, 5.74) is 1.68. The molecule has 2 aliphatic heterocycles. The van der Waals surface area contributed by atoms with Crippen molar-refractivity contribution < 1.29 is 28.6 Å². The molecule has 2 atom stereocenters. The number of hydrogen-bond acceptors (Lipinski definition) is 7. The second-order valence-electron chi connectivity index (χ2n) is 12.6. The van der Waals surface area contributed by atoms with Crippen molar-refractivity contribution >= 4 is 22.8 Å². The molecule has 0 radical (unpaired) electrons. The number of benzene rings is 1. The quantitative estimate of drug-likeness (QED) is 0.332. The van der Waals surface area contributed by atoms with Crippen molar-refractivity contribution in [2.45, 2.75) is 91.7 Å². The molecule has 9 nitrogen and oxygen atoms in total. The first-order valence-corrected chi connectivity index (χ1v) is 14.5. The zero-order chi connectivity index (χ0) is 30.3. The van der Waals surface area contributed by atoms with E-state index in [1.54, 1.807) is 24.5 Å². The van der Waals surface area contributed by atoms with Gasteiger partial charge in [0.05, 0.1) is 53.2 Å². The molecule has 0 bridgehead atoms. The van der Waals surface area contributed by atoms with Gasteiger partial charge in [-0.2, -0.15) is 0 Å². The summed E-state index contributed by atoms with van der Waals surface area (Å²) in [6.45, 7) is 11.1. The molecule has 222 valence electrons. The van der Waals surface area contributed by atoms with Crippen molar-refractivity contribution in [3.8, 4) is 11.4 Å². The summed E-state index contributed by atoms with van der Waals surface area (Å²) < 4.78 is 27.7. The first-order chi connectivity index (χ1) is 19.8. The van der Waals surface area contributed by atoms with Crippen molar-refractivity contribution in [1.82, 2.24) is 14.9 Å². The zero-order valence-corrected chi connectivity index (χ0v) is 24.8. The van der Waals surface area contributed by atoms with Crippen LogP contribution >= 0.6 is 0 Å². The van der Waals surface area contributed by atoms with Gasteiger partial charge in [-0.3, -0.25) is 9.59 Å². The molecule has 6 rings (SSSR count). The minimum Gasteiger partial charge on any atom is -0.458 e. The van der Waals surface area contributed by atoms with Gasteiger partial charge in [0.2, 0.25) is 5.91 Å².